The third kappa shape index (κ3) is 8.31. The Labute approximate surface area is 373 Å². The van der Waals surface area contributed by atoms with Crippen LogP contribution in [0.25, 0.3) is 0 Å². The molecule has 1 spiro atoms. The first-order valence-corrected chi connectivity index (χ1v) is 25.9. The van der Waals surface area contributed by atoms with Crippen molar-refractivity contribution < 1.29 is 14.3 Å². The fourth-order valence-electron chi connectivity index (χ4n) is 15.3. The van der Waals surface area contributed by atoms with Gasteiger partial charge in [-0.2, -0.15) is 5.26 Å². The maximum Gasteiger partial charge on any atom is 0.224 e. The quantitative estimate of drug-likeness (QED) is 0.188. The van der Waals surface area contributed by atoms with Gasteiger partial charge in [-0.05, 0) is 126 Å². The Kier molecular flexibility index (Phi) is 12.9. The molecule has 5 heterocycles. The molecule has 0 radical (unpaired) electrons. The molecule has 5 aliphatic heterocycles. The van der Waals surface area contributed by atoms with Crippen LogP contribution in [-0.4, -0.2) is 108 Å². The Bertz CT molecular complexity index is 1620. The van der Waals surface area contributed by atoms with E-state index in [0.717, 1.165) is 50.5 Å². The van der Waals surface area contributed by atoms with Crippen molar-refractivity contribution in [3.05, 3.63) is 0 Å². The molecule has 342 valence electrons. The maximum absolute atomic E-state index is 13.8. The number of thioether (sulfide) groups is 1. The molecule has 1 amide bonds. The Morgan fingerprint density at radius 2 is 1.67 bits per heavy atom. The lowest BCUT2D eigenvalue weighted by Gasteiger charge is -2.64. The minimum absolute atomic E-state index is 0.0103. The van der Waals surface area contributed by atoms with E-state index < -0.39 is 0 Å². The number of hydrogen-bond acceptors (Lipinski definition) is 11. The third-order valence-corrected chi connectivity index (χ3v) is 20.4. The van der Waals surface area contributed by atoms with E-state index in [0.29, 0.717) is 46.1 Å². The summed E-state index contributed by atoms with van der Waals surface area (Å²) >= 11 is 2.20. The van der Waals surface area contributed by atoms with E-state index in [-0.39, 0.29) is 65.1 Å². The number of hydrogen-bond donors (Lipinski definition) is 4. The highest BCUT2D eigenvalue weighted by atomic mass is 32.2. The number of amides is 1. The van der Waals surface area contributed by atoms with Crippen molar-refractivity contribution >= 4 is 23.4 Å². The normalized spacial score (nSPS) is 46.0. The van der Waals surface area contributed by atoms with Crippen LogP contribution in [-0.2, 0) is 14.3 Å². The van der Waals surface area contributed by atoms with E-state index in [9.17, 15) is 10.1 Å². The second-order valence-corrected chi connectivity index (χ2v) is 24.8. The van der Waals surface area contributed by atoms with Crippen LogP contribution in [0.4, 0.5) is 0 Å². The van der Waals surface area contributed by atoms with Crippen molar-refractivity contribution in [3.8, 4) is 6.07 Å². The van der Waals surface area contributed by atoms with Crippen molar-refractivity contribution in [2.24, 2.45) is 62.7 Å². The van der Waals surface area contributed by atoms with Crippen LogP contribution in [0.3, 0.4) is 0 Å². The standard InChI is InChI=1S/C49H82N8O3S/c1-28-30(3)61-44-40(28)41(52-29(2)42-55-54-31(4)57(42)44)34-12-10-32(11-13-34)22-33-24-49(25-33)18-20-56(21-19-49)39-17-15-36(27-51-39)43(58)53-45-47(5,6)46(48(45,7)8)60-37-16-14-35(26-50)38(23-37)59-9/h28-40,42,44-46,51,54-55H,10-25,27H2,1-9H3,(H,53,58)/t28?,29-,30?,31?,32?,34?,35?,36?,37?,38?,39?,40?,42?,44?,45?,46?/m0/s1. The van der Waals surface area contributed by atoms with Crippen LogP contribution in [0.15, 0.2) is 4.99 Å². The van der Waals surface area contributed by atoms with Crippen molar-refractivity contribution in [2.75, 3.05) is 26.7 Å². The number of fused-ring (bicyclic) bond motifs is 3. The molecule has 11 unspecified atom stereocenters. The summed E-state index contributed by atoms with van der Waals surface area (Å²) in [5.74, 6) is 3.90. The number of nitrogens with one attached hydrogen (secondary N) is 4. The predicted octanol–water partition coefficient (Wildman–Crippen LogP) is 7.28. The molecule has 4 saturated carbocycles. The number of aliphatic imine (C=N–C) groups is 1. The van der Waals surface area contributed by atoms with Crippen molar-refractivity contribution in [3.63, 3.8) is 0 Å². The Morgan fingerprint density at radius 1 is 0.951 bits per heavy atom. The lowest BCUT2D eigenvalue weighted by molar-refractivity contribution is -0.239. The molecule has 4 aliphatic carbocycles. The Balaban J connectivity index is 0.688. The molecule has 12 heteroatoms. The van der Waals surface area contributed by atoms with Crippen molar-refractivity contribution in [1.29, 1.82) is 5.26 Å². The first-order valence-electron chi connectivity index (χ1n) is 25.0. The fraction of sp³-hybridized carbons (Fsp3) is 0.939. The minimum Gasteiger partial charge on any atom is -0.380 e. The molecule has 61 heavy (non-hydrogen) atoms. The van der Waals surface area contributed by atoms with Gasteiger partial charge >= 0.3 is 0 Å². The van der Waals surface area contributed by atoms with Gasteiger partial charge < -0.3 is 20.1 Å². The fourth-order valence-corrected chi connectivity index (χ4v) is 17.1. The van der Waals surface area contributed by atoms with E-state index in [2.05, 4.69) is 105 Å². The van der Waals surface area contributed by atoms with Gasteiger partial charge in [-0.15, -0.1) is 11.8 Å². The number of nitriles is 1. The first-order chi connectivity index (χ1) is 29.1. The number of likely N-dealkylation sites (tertiary alicyclic amines) is 1. The van der Waals surface area contributed by atoms with Gasteiger partial charge in [0.2, 0.25) is 5.91 Å². The molecule has 0 bridgehead atoms. The molecule has 0 aromatic heterocycles. The molecule has 9 rings (SSSR count). The van der Waals surface area contributed by atoms with E-state index >= 15 is 0 Å². The number of carbonyl (C=O) groups excluding carboxylic acids is 1. The average molecular weight is 863 g/mol. The topological polar surface area (TPSA) is 126 Å². The number of carbonyl (C=O) groups is 1. The zero-order valence-electron chi connectivity index (χ0n) is 39.3. The number of hydrazine groups is 1. The van der Waals surface area contributed by atoms with Crippen LogP contribution in [0.5, 0.6) is 0 Å². The van der Waals surface area contributed by atoms with E-state index in [4.69, 9.17) is 14.5 Å². The highest BCUT2D eigenvalue weighted by Crippen LogP contribution is 2.58. The second kappa shape index (κ2) is 17.5. The molecule has 0 aromatic rings. The molecular weight excluding hydrogens is 781 g/mol. The van der Waals surface area contributed by atoms with Crippen LogP contribution in [0, 0.1) is 69.0 Å². The summed E-state index contributed by atoms with van der Waals surface area (Å²) in [6, 6.07) is 2.75. The van der Waals surface area contributed by atoms with Gasteiger partial charge in [0.25, 0.3) is 0 Å². The highest BCUT2D eigenvalue weighted by Gasteiger charge is 2.64. The average Bonchev–Trinajstić information content (AvgIpc) is 3.73. The van der Waals surface area contributed by atoms with E-state index in [1.165, 1.54) is 70.9 Å². The van der Waals surface area contributed by atoms with Gasteiger partial charge in [0.15, 0.2) is 0 Å². The van der Waals surface area contributed by atoms with Crippen LogP contribution >= 0.6 is 11.8 Å². The minimum atomic E-state index is -0.171. The van der Waals surface area contributed by atoms with Gasteiger partial charge in [0.05, 0.1) is 66.1 Å². The largest absolute Gasteiger partial charge is 0.380 e. The summed E-state index contributed by atoms with van der Waals surface area (Å²) in [5.41, 5.74) is 8.96. The van der Waals surface area contributed by atoms with Crippen molar-refractivity contribution in [1.82, 2.24) is 31.3 Å². The summed E-state index contributed by atoms with van der Waals surface area (Å²) in [6.45, 7) is 21.7. The summed E-state index contributed by atoms with van der Waals surface area (Å²) in [5, 5.41) is 18.1. The molecule has 4 N–H and O–H groups in total. The zero-order valence-corrected chi connectivity index (χ0v) is 40.1. The first kappa shape index (κ1) is 44.9. The zero-order chi connectivity index (χ0) is 43.0. The molecule has 11 nitrogen and oxygen atoms in total. The third-order valence-electron chi connectivity index (χ3n) is 18.7. The molecule has 12 atom stereocenters. The number of methoxy groups -OCH3 is 1. The Hall–Kier alpha value is -1.30. The molecule has 8 fully saturated rings. The smallest absolute Gasteiger partial charge is 0.224 e. The Morgan fingerprint density at radius 3 is 2.33 bits per heavy atom. The maximum atomic E-state index is 13.8. The van der Waals surface area contributed by atoms with Gasteiger partial charge in [0.1, 0.15) is 0 Å². The molecular formula is C49H82N8O3S. The van der Waals surface area contributed by atoms with Crippen LogP contribution < -0.4 is 21.5 Å². The van der Waals surface area contributed by atoms with Gasteiger partial charge in [-0.1, -0.05) is 41.5 Å². The summed E-state index contributed by atoms with van der Waals surface area (Å²) in [6.07, 6.45) is 18.1. The SMILES string of the molecule is COC1CC(OC2C(C)(C)C(NC(=O)C3CCC(N4CCC5(CC4)CC(CC4CCC(C6=N[C@@H](C)C7NNC(C)N7C7SC(C)C(C)C67)CC4)C5)NC3)C2(C)C)CCC1C#N. The highest BCUT2D eigenvalue weighted by molar-refractivity contribution is 8.00. The number of piperidine rings is 2. The summed E-state index contributed by atoms with van der Waals surface area (Å²) in [4.78, 5) is 24.8. The van der Waals surface area contributed by atoms with Crippen LogP contribution in [0.2, 0.25) is 0 Å². The second-order valence-electron chi connectivity index (χ2n) is 23.3. The van der Waals surface area contributed by atoms with Crippen molar-refractivity contribution in [2.45, 2.75) is 205 Å². The summed E-state index contributed by atoms with van der Waals surface area (Å²) in [7, 11) is 1.70. The number of rotatable bonds is 9. The summed E-state index contributed by atoms with van der Waals surface area (Å²) < 4.78 is 12.4. The van der Waals surface area contributed by atoms with Gasteiger partial charge in [0, 0.05) is 66.9 Å². The van der Waals surface area contributed by atoms with E-state index in [1.807, 2.05) is 0 Å². The van der Waals surface area contributed by atoms with Gasteiger partial charge in [-0.25, -0.2) is 10.9 Å². The lowest BCUT2D eigenvalue weighted by Crippen LogP contribution is -2.74. The number of ether oxygens (including phenoxy) is 2. The van der Waals surface area contributed by atoms with E-state index in [1.54, 1.807) is 12.8 Å². The predicted molar refractivity (Wildman–Crippen MR) is 244 cm³/mol. The molecule has 4 saturated heterocycles. The lowest BCUT2D eigenvalue weighted by atomic mass is 9.49. The molecule has 0 aromatic carbocycles. The van der Waals surface area contributed by atoms with Crippen LogP contribution in [0.1, 0.15) is 145 Å². The molecule has 9 aliphatic rings. The monoisotopic (exact) mass is 863 g/mol. The number of nitrogens with zero attached hydrogens (tertiary/aromatic N) is 4. The van der Waals surface area contributed by atoms with Gasteiger partial charge in [-0.3, -0.25) is 19.6 Å².